The zero-order valence-electron chi connectivity index (χ0n) is 11.3. The molecule has 6 heteroatoms. The molecule has 1 aromatic heterocycles. The van der Waals surface area contributed by atoms with Gasteiger partial charge in [-0.3, -0.25) is 4.79 Å². The molecule has 4 nitrogen and oxygen atoms in total. The predicted octanol–water partition coefficient (Wildman–Crippen LogP) is 3.09. The van der Waals surface area contributed by atoms with Crippen LogP contribution < -0.4 is 5.32 Å². The van der Waals surface area contributed by atoms with Crippen molar-refractivity contribution in [2.24, 2.45) is 0 Å². The Balaban J connectivity index is 2.23. The molecule has 0 spiro atoms. The first-order valence-corrected chi connectivity index (χ1v) is 7.48. The highest BCUT2D eigenvalue weighted by atomic mass is 35.5. The van der Waals surface area contributed by atoms with Gasteiger partial charge in [0.1, 0.15) is 5.69 Å². The number of nitrogens with zero attached hydrogens (tertiary/aromatic N) is 1. The molecule has 0 saturated heterocycles. The van der Waals surface area contributed by atoms with Gasteiger partial charge in [-0.05, 0) is 25.1 Å². The van der Waals surface area contributed by atoms with Gasteiger partial charge in [0.05, 0.1) is 17.3 Å². The number of hydrogen-bond acceptors (Lipinski definition) is 4. The fraction of sp³-hybridized carbons (Fsp3) is 0.200. The molecular formula is C15H13ClN2O2S. The second-order valence-electron chi connectivity index (χ2n) is 4.17. The summed E-state index contributed by atoms with van der Waals surface area (Å²) < 4.78 is 0. The number of carbonyl (C=O) groups is 1. The zero-order chi connectivity index (χ0) is 15.2. The van der Waals surface area contributed by atoms with E-state index in [0.29, 0.717) is 28.4 Å². The van der Waals surface area contributed by atoms with Gasteiger partial charge in [-0.25, -0.2) is 4.98 Å². The first-order chi connectivity index (χ1) is 10.1. The zero-order valence-corrected chi connectivity index (χ0v) is 12.9. The van der Waals surface area contributed by atoms with Crippen molar-refractivity contribution >= 4 is 34.5 Å². The summed E-state index contributed by atoms with van der Waals surface area (Å²) in [5.41, 5.74) is 1.55. The molecule has 1 heterocycles. The van der Waals surface area contributed by atoms with Crippen molar-refractivity contribution < 1.29 is 9.90 Å². The number of aliphatic hydroxyl groups is 1. The summed E-state index contributed by atoms with van der Waals surface area (Å²) in [4.78, 5) is 16.2. The van der Waals surface area contributed by atoms with E-state index in [0.717, 1.165) is 5.01 Å². The number of benzene rings is 1. The molecule has 2 aromatic rings. The summed E-state index contributed by atoms with van der Waals surface area (Å²) in [7, 11) is 0. The Hall–Kier alpha value is -1.87. The molecular weight excluding hydrogens is 308 g/mol. The molecule has 0 saturated carbocycles. The molecule has 1 amide bonds. The summed E-state index contributed by atoms with van der Waals surface area (Å²) in [6.45, 7) is 1.84. The maximum Gasteiger partial charge on any atom is 0.275 e. The van der Waals surface area contributed by atoms with Crippen LogP contribution in [0.3, 0.4) is 0 Å². The summed E-state index contributed by atoms with van der Waals surface area (Å²) in [6.07, 6.45) is 0.366. The lowest BCUT2D eigenvalue weighted by Gasteiger charge is -2.06. The molecule has 1 aromatic carbocycles. The van der Waals surface area contributed by atoms with Crippen molar-refractivity contribution in [1.82, 2.24) is 4.98 Å². The van der Waals surface area contributed by atoms with E-state index in [1.807, 2.05) is 6.92 Å². The first kappa shape index (κ1) is 15.5. The molecule has 0 bridgehead atoms. The summed E-state index contributed by atoms with van der Waals surface area (Å²) in [5, 5.41) is 14.6. The number of thiazole rings is 1. The van der Waals surface area contributed by atoms with E-state index in [1.54, 1.807) is 23.6 Å². The normalized spacial score (nSPS) is 9.86. The number of aryl methyl sites for hydroxylation is 1. The number of amides is 1. The standard InChI is InChI=1S/C15H13ClN2O2S/c1-10-17-14(9-21-10)15(20)18-13-6-5-12(16)8-11(13)4-2-3-7-19/h5-6,8-9,19H,3,7H2,1H3,(H,18,20). The number of nitrogens with one attached hydrogen (secondary N) is 1. The second-order valence-corrected chi connectivity index (χ2v) is 5.67. The highest BCUT2D eigenvalue weighted by Crippen LogP contribution is 2.21. The van der Waals surface area contributed by atoms with Crippen LogP contribution in [0.4, 0.5) is 5.69 Å². The largest absolute Gasteiger partial charge is 0.395 e. The van der Waals surface area contributed by atoms with E-state index in [2.05, 4.69) is 22.1 Å². The molecule has 2 N–H and O–H groups in total. The van der Waals surface area contributed by atoms with Crippen LogP contribution in [0.5, 0.6) is 0 Å². The Kier molecular flexibility index (Phi) is 5.34. The molecule has 0 unspecified atom stereocenters. The Morgan fingerprint density at radius 3 is 3.00 bits per heavy atom. The van der Waals surface area contributed by atoms with Crippen LogP contribution in [0.15, 0.2) is 23.6 Å². The molecule has 0 aliphatic rings. The minimum Gasteiger partial charge on any atom is -0.395 e. The summed E-state index contributed by atoms with van der Waals surface area (Å²) >= 11 is 7.36. The predicted molar refractivity (Wildman–Crippen MR) is 84.8 cm³/mol. The SMILES string of the molecule is Cc1nc(C(=O)Nc2ccc(Cl)cc2C#CCCO)cs1. The van der Waals surface area contributed by atoms with E-state index in [9.17, 15) is 4.79 Å². The number of rotatable bonds is 3. The van der Waals surface area contributed by atoms with E-state index < -0.39 is 0 Å². The molecule has 0 fully saturated rings. The van der Waals surface area contributed by atoms with E-state index in [-0.39, 0.29) is 12.5 Å². The monoisotopic (exact) mass is 320 g/mol. The lowest BCUT2D eigenvalue weighted by molar-refractivity contribution is 0.102. The first-order valence-electron chi connectivity index (χ1n) is 6.23. The van der Waals surface area contributed by atoms with Gasteiger partial charge < -0.3 is 10.4 Å². The number of anilines is 1. The van der Waals surface area contributed by atoms with Crippen molar-refractivity contribution in [3.05, 3.63) is 44.9 Å². The van der Waals surface area contributed by atoms with Crippen molar-refractivity contribution in [2.45, 2.75) is 13.3 Å². The van der Waals surface area contributed by atoms with Crippen LogP contribution in [-0.2, 0) is 0 Å². The second kappa shape index (κ2) is 7.23. The number of aliphatic hydroxyl groups excluding tert-OH is 1. The fourth-order valence-electron chi connectivity index (χ4n) is 1.60. The topological polar surface area (TPSA) is 62.2 Å². The Morgan fingerprint density at radius 1 is 1.52 bits per heavy atom. The van der Waals surface area contributed by atoms with Gasteiger partial charge in [-0.1, -0.05) is 23.4 Å². The molecule has 0 aliphatic carbocycles. The summed E-state index contributed by atoms with van der Waals surface area (Å²) in [5.74, 6) is 5.42. The third-order valence-corrected chi connectivity index (χ3v) is 3.55. The molecule has 2 rings (SSSR count). The van der Waals surface area contributed by atoms with Crippen molar-refractivity contribution in [3.63, 3.8) is 0 Å². The third-order valence-electron chi connectivity index (χ3n) is 2.54. The average Bonchev–Trinajstić information content (AvgIpc) is 2.88. The van der Waals surface area contributed by atoms with Gasteiger partial charge in [0.2, 0.25) is 0 Å². The van der Waals surface area contributed by atoms with E-state index >= 15 is 0 Å². The van der Waals surface area contributed by atoms with Gasteiger partial charge in [-0.2, -0.15) is 0 Å². The molecule has 108 valence electrons. The van der Waals surface area contributed by atoms with Crippen LogP contribution in [0, 0.1) is 18.8 Å². The molecule has 0 atom stereocenters. The molecule has 21 heavy (non-hydrogen) atoms. The van der Waals surface area contributed by atoms with E-state index in [4.69, 9.17) is 16.7 Å². The summed E-state index contributed by atoms with van der Waals surface area (Å²) in [6, 6.07) is 5.05. The van der Waals surface area contributed by atoms with Crippen molar-refractivity contribution in [1.29, 1.82) is 0 Å². The molecule has 0 radical (unpaired) electrons. The third kappa shape index (κ3) is 4.30. The maximum absolute atomic E-state index is 12.1. The highest BCUT2D eigenvalue weighted by molar-refractivity contribution is 7.09. The van der Waals surface area contributed by atoms with Crippen LogP contribution in [-0.4, -0.2) is 22.6 Å². The Bertz CT molecular complexity index is 716. The molecule has 0 aliphatic heterocycles. The number of halogens is 1. The van der Waals surface area contributed by atoms with Crippen LogP contribution in [0.2, 0.25) is 5.02 Å². The van der Waals surface area contributed by atoms with Gasteiger partial charge in [-0.15, -0.1) is 11.3 Å². The average molecular weight is 321 g/mol. The number of carbonyl (C=O) groups excluding carboxylic acids is 1. The fourth-order valence-corrected chi connectivity index (χ4v) is 2.36. The van der Waals surface area contributed by atoms with Gasteiger partial charge >= 0.3 is 0 Å². The lowest BCUT2D eigenvalue weighted by Crippen LogP contribution is -2.13. The van der Waals surface area contributed by atoms with Crippen molar-refractivity contribution in [2.75, 3.05) is 11.9 Å². The van der Waals surface area contributed by atoms with Gasteiger partial charge in [0.15, 0.2) is 0 Å². The van der Waals surface area contributed by atoms with Crippen LogP contribution in [0.1, 0.15) is 27.5 Å². The Morgan fingerprint density at radius 2 is 2.33 bits per heavy atom. The number of hydrogen-bond donors (Lipinski definition) is 2. The highest BCUT2D eigenvalue weighted by Gasteiger charge is 2.11. The van der Waals surface area contributed by atoms with E-state index in [1.165, 1.54) is 11.3 Å². The number of aromatic nitrogens is 1. The smallest absolute Gasteiger partial charge is 0.275 e. The van der Waals surface area contributed by atoms with Crippen molar-refractivity contribution in [3.8, 4) is 11.8 Å². The quantitative estimate of drug-likeness (QED) is 0.854. The Labute approximate surface area is 131 Å². The lowest BCUT2D eigenvalue weighted by atomic mass is 10.1. The van der Waals surface area contributed by atoms with Gasteiger partial charge in [0, 0.05) is 22.4 Å². The van der Waals surface area contributed by atoms with Gasteiger partial charge in [0.25, 0.3) is 5.91 Å². The minimum atomic E-state index is -0.285. The minimum absolute atomic E-state index is 0.00659. The van der Waals surface area contributed by atoms with Crippen LogP contribution in [0.25, 0.3) is 0 Å². The maximum atomic E-state index is 12.1. The van der Waals surface area contributed by atoms with Crippen LogP contribution >= 0.6 is 22.9 Å².